The molecule has 0 aromatic carbocycles. The van der Waals surface area contributed by atoms with Crippen molar-refractivity contribution in [3.8, 4) is 0 Å². The molecular weight excluding hydrogens is 228 g/mol. The van der Waals surface area contributed by atoms with Crippen LogP contribution in [0.2, 0.25) is 0 Å². The first-order chi connectivity index (χ1) is 7.41. The summed E-state index contributed by atoms with van der Waals surface area (Å²) in [7, 11) is -1.75. The fourth-order valence-corrected chi connectivity index (χ4v) is 2.33. The molecule has 2 N–H and O–H groups in total. The molecule has 0 fully saturated rings. The highest BCUT2D eigenvalue weighted by Crippen LogP contribution is 2.02. The predicted octanol–water partition coefficient (Wildman–Crippen LogP) is 0.714. The predicted molar refractivity (Wildman–Crippen MR) is 65.4 cm³/mol. The summed E-state index contributed by atoms with van der Waals surface area (Å²) in [5, 5.41) is 8.57. The largest absolute Gasteiger partial charge is 0.396 e. The topological polar surface area (TPSA) is 69.6 Å². The van der Waals surface area contributed by atoms with E-state index in [-0.39, 0.29) is 12.6 Å². The number of nitrogens with one attached hydrogen (secondary N) is 1. The highest BCUT2D eigenvalue weighted by molar-refractivity contribution is 7.87. The summed E-state index contributed by atoms with van der Waals surface area (Å²) >= 11 is 0. The number of hydrogen-bond acceptors (Lipinski definition) is 3. The van der Waals surface area contributed by atoms with Crippen LogP contribution in [0.25, 0.3) is 0 Å². The first kappa shape index (κ1) is 15.8. The molecule has 0 radical (unpaired) electrons. The van der Waals surface area contributed by atoms with Crippen LogP contribution in [0.5, 0.6) is 0 Å². The monoisotopic (exact) mass is 252 g/mol. The smallest absolute Gasteiger partial charge is 0.279 e. The van der Waals surface area contributed by atoms with Gasteiger partial charge in [-0.1, -0.05) is 12.8 Å². The van der Waals surface area contributed by atoms with Crippen LogP contribution in [0.3, 0.4) is 0 Å². The molecule has 16 heavy (non-hydrogen) atoms. The molecule has 0 heterocycles. The molecule has 6 heteroatoms. The normalized spacial score (nSPS) is 12.6. The maximum Gasteiger partial charge on any atom is 0.279 e. The summed E-state index contributed by atoms with van der Waals surface area (Å²) in [4.78, 5) is 0. The SMILES string of the molecule is CC(C)N(C)S(=O)(=O)NCCCCCCO. The van der Waals surface area contributed by atoms with Crippen LogP contribution in [0.4, 0.5) is 0 Å². The van der Waals surface area contributed by atoms with E-state index in [1.807, 2.05) is 13.8 Å². The zero-order valence-corrected chi connectivity index (χ0v) is 11.3. The lowest BCUT2D eigenvalue weighted by molar-refractivity contribution is 0.282. The fourth-order valence-electron chi connectivity index (χ4n) is 1.17. The average molecular weight is 252 g/mol. The van der Waals surface area contributed by atoms with Gasteiger partial charge in [0, 0.05) is 26.2 Å². The van der Waals surface area contributed by atoms with Crippen molar-refractivity contribution in [1.29, 1.82) is 0 Å². The number of aliphatic hydroxyl groups is 1. The van der Waals surface area contributed by atoms with Gasteiger partial charge in [-0.15, -0.1) is 0 Å². The molecule has 98 valence electrons. The van der Waals surface area contributed by atoms with E-state index in [0.717, 1.165) is 25.7 Å². The van der Waals surface area contributed by atoms with Crippen molar-refractivity contribution >= 4 is 10.2 Å². The summed E-state index contributed by atoms with van der Waals surface area (Å²) < 4.78 is 27.1. The Morgan fingerprint density at radius 3 is 2.25 bits per heavy atom. The third-order valence-corrected chi connectivity index (χ3v) is 4.22. The Labute approximate surface area is 99.0 Å². The lowest BCUT2D eigenvalue weighted by atomic mass is 10.2. The van der Waals surface area contributed by atoms with Crippen LogP contribution in [0, 0.1) is 0 Å². The third-order valence-electron chi connectivity index (χ3n) is 2.48. The number of unbranched alkanes of at least 4 members (excludes halogenated alkanes) is 3. The summed E-state index contributed by atoms with van der Waals surface area (Å²) in [6.45, 7) is 4.34. The minimum absolute atomic E-state index is 0.0353. The lowest BCUT2D eigenvalue weighted by Crippen LogP contribution is -2.42. The van der Waals surface area contributed by atoms with E-state index in [0.29, 0.717) is 6.54 Å². The molecule has 0 saturated heterocycles. The molecule has 0 spiro atoms. The van der Waals surface area contributed by atoms with Gasteiger partial charge in [-0.25, -0.2) is 4.72 Å². The second-order valence-corrected chi connectivity index (χ2v) is 5.96. The first-order valence-electron chi connectivity index (χ1n) is 5.75. The molecular formula is C10H24N2O3S. The zero-order valence-electron chi connectivity index (χ0n) is 10.4. The van der Waals surface area contributed by atoms with Gasteiger partial charge in [-0.3, -0.25) is 0 Å². The molecule has 0 aliphatic rings. The molecule has 0 saturated carbocycles. The van der Waals surface area contributed by atoms with Gasteiger partial charge in [-0.05, 0) is 26.7 Å². The van der Waals surface area contributed by atoms with Crippen LogP contribution < -0.4 is 4.72 Å². The molecule has 0 aromatic heterocycles. The number of nitrogens with zero attached hydrogens (tertiary/aromatic N) is 1. The highest BCUT2D eigenvalue weighted by Gasteiger charge is 2.18. The summed E-state index contributed by atoms with van der Waals surface area (Å²) in [6, 6.07) is -0.0353. The van der Waals surface area contributed by atoms with Crippen LogP contribution in [-0.4, -0.2) is 44.1 Å². The minimum Gasteiger partial charge on any atom is -0.396 e. The maximum atomic E-state index is 11.6. The Kier molecular flexibility index (Phi) is 7.91. The summed E-state index contributed by atoms with van der Waals surface area (Å²) in [5.74, 6) is 0. The summed E-state index contributed by atoms with van der Waals surface area (Å²) in [5.41, 5.74) is 0. The molecule has 0 aliphatic heterocycles. The number of hydrogen-bond donors (Lipinski definition) is 2. The Bertz CT molecular complexity index is 265. The van der Waals surface area contributed by atoms with Crippen molar-refractivity contribution in [1.82, 2.24) is 9.03 Å². The Morgan fingerprint density at radius 2 is 1.75 bits per heavy atom. The van der Waals surface area contributed by atoms with Gasteiger partial charge in [0.25, 0.3) is 10.2 Å². The zero-order chi connectivity index (χ0) is 12.6. The van der Waals surface area contributed by atoms with E-state index in [2.05, 4.69) is 4.72 Å². The Morgan fingerprint density at radius 1 is 1.19 bits per heavy atom. The first-order valence-corrected chi connectivity index (χ1v) is 7.19. The van der Waals surface area contributed by atoms with Gasteiger partial charge in [0.2, 0.25) is 0 Å². The van der Waals surface area contributed by atoms with Crippen molar-refractivity contribution in [3.05, 3.63) is 0 Å². The Hall–Kier alpha value is -0.170. The molecule has 0 unspecified atom stereocenters. The van der Waals surface area contributed by atoms with Gasteiger partial charge in [0.1, 0.15) is 0 Å². The quantitative estimate of drug-likeness (QED) is 0.594. The maximum absolute atomic E-state index is 11.6. The van der Waals surface area contributed by atoms with E-state index >= 15 is 0 Å². The van der Waals surface area contributed by atoms with Crippen LogP contribution in [-0.2, 0) is 10.2 Å². The van der Waals surface area contributed by atoms with Gasteiger partial charge in [-0.2, -0.15) is 12.7 Å². The molecule has 5 nitrogen and oxygen atoms in total. The number of aliphatic hydroxyl groups excluding tert-OH is 1. The Balaban J connectivity index is 3.75. The van der Waals surface area contributed by atoms with Crippen molar-refractivity contribution in [2.75, 3.05) is 20.2 Å². The third kappa shape index (κ3) is 6.42. The second kappa shape index (κ2) is 8.00. The van der Waals surface area contributed by atoms with Crippen LogP contribution in [0.1, 0.15) is 39.5 Å². The van der Waals surface area contributed by atoms with Gasteiger partial charge in [0.05, 0.1) is 0 Å². The van der Waals surface area contributed by atoms with Crippen molar-refractivity contribution in [2.24, 2.45) is 0 Å². The summed E-state index contributed by atoms with van der Waals surface area (Å²) in [6.07, 6.45) is 3.48. The van der Waals surface area contributed by atoms with E-state index < -0.39 is 10.2 Å². The van der Waals surface area contributed by atoms with Crippen molar-refractivity contribution in [2.45, 2.75) is 45.6 Å². The molecule has 0 aliphatic carbocycles. The molecule has 0 bridgehead atoms. The van der Waals surface area contributed by atoms with Crippen molar-refractivity contribution < 1.29 is 13.5 Å². The van der Waals surface area contributed by atoms with E-state index in [1.165, 1.54) is 4.31 Å². The van der Waals surface area contributed by atoms with Gasteiger partial charge in [0.15, 0.2) is 0 Å². The molecule has 0 aromatic rings. The molecule has 0 rings (SSSR count). The highest BCUT2D eigenvalue weighted by atomic mass is 32.2. The molecule has 0 atom stereocenters. The van der Waals surface area contributed by atoms with E-state index in [9.17, 15) is 8.42 Å². The molecule has 0 amide bonds. The van der Waals surface area contributed by atoms with Gasteiger partial charge >= 0.3 is 0 Å². The van der Waals surface area contributed by atoms with Crippen LogP contribution in [0.15, 0.2) is 0 Å². The lowest BCUT2D eigenvalue weighted by Gasteiger charge is -2.21. The average Bonchev–Trinajstić information content (AvgIpc) is 2.22. The van der Waals surface area contributed by atoms with Crippen molar-refractivity contribution in [3.63, 3.8) is 0 Å². The number of rotatable bonds is 9. The van der Waals surface area contributed by atoms with Gasteiger partial charge < -0.3 is 5.11 Å². The van der Waals surface area contributed by atoms with Crippen LogP contribution >= 0.6 is 0 Å². The second-order valence-electron chi connectivity index (χ2n) is 4.15. The van der Waals surface area contributed by atoms with E-state index in [4.69, 9.17) is 5.11 Å². The standard InChI is InChI=1S/C10H24N2O3S/c1-10(2)12(3)16(14,15)11-8-6-4-5-7-9-13/h10-11,13H,4-9H2,1-3H3. The minimum atomic E-state index is -3.32. The van der Waals surface area contributed by atoms with E-state index in [1.54, 1.807) is 7.05 Å². The fraction of sp³-hybridized carbons (Fsp3) is 1.00.